The van der Waals surface area contributed by atoms with E-state index in [1.54, 1.807) is 12.3 Å². The summed E-state index contributed by atoms with van der Waals surface area (Å²) in [5, 5.41) is 2.91. The van der Waals surface area contributed by atoms with Crippen LogP contribution in [0.1, 0.15) is 33.7 Å². The number of nitrogens with one attached hydrogen (secondary N) is 1. The smallest absolute Gasteiger partial charge is 0.254 e. The zero-order chi connectivity index (χ0) is 19.0. The summed E-state index contributed by atoms with van der Waals surface area (Å²) >= 11 is 0. The molecule has 2 aromatic rings. The number of amides is 2. The summed E-state index contributed by atoms with van der Waals surface area (Å²) in [5.41, 5.74) is 2.80. The normalized spacial score (nSPS) is 24.1. The molecule has 1 aromatic heterocycles. The van der Waals surface area contributed by atoms with Crippen molar-refractivity contribution in [1.82, 2.24) is 10.2 Å². The summed E-state index contributed by atoms with van der Waals surface area (Å²) in [5.74, 6) is 0.221. The van der Waals surface area contributed by atoms with Crippen LogP contribution in [0.15, 0.2) is 41.0 Å². The van der Waals surface area contributed by atoms with Crippen LogP contribution in [0.25, 0.3) is 0 Å². The van der Waals surface area contributed by atoms with Crippen molar-refractivity contribution < 1.29 is 18.7 Å². The summed E-state index contributed by atoms with van der Waals surface area (Å²) in [6.07, 6.45) is 2.11. The molecule has 0 saturated carbocycles. The molecule has 2 aliphatic heterocycles. The summed E-state index contributed by atoms with van der Waals surface area (Å²) in [4.78, 5) is 27.7. The fourth-order valence-electron chi connectivity index (χ4n) is 4.22. The first kappa shape index (κ1) is 17.8. The van der Waals surface area contributed by atoms with Crippen molar-refractivity contribution in [3.05, 3.63) is 59.0 Å². The molecule has 0 spiro atoms. The van der Waals surface area contributed by atoms with Crippen molar-refractivity contribution >= 4 is 11.8 Å². The van der Waals surface area contributed by atoms with Crippen molar-refractivity contribution in [3.63, 3.8) is 0 Å². The number of benzene rings is 1. The van der Waals surface area contributed by atoms with Gasteiger partial charge < -0.3 is 19.4 Å². The molecule has 1 aromatic carbocycles. The first-order valence-electron chi connectivity index (χ1n) is 9.34. The molecular weight excluding hydrogens is 344 g/mol. The van der Waals surface area contributed by atoms with Crippen molar-refractivity contribution in [2.24, 2.45) is 5.92 Å². The Balaban J connectivity index is 1.49. The number of fused-ring (bicyclic) bond motifs is 1. The average molecular weight is 368 g/mol. The van der Waals surface area contributed by atoms with Crippen LogP contribution in [0, 0.1) is 19.8 Å². The summed E-state index contributed by atoms with van der Waals surface area (Å²) < 4.78 is 11.1. The van der Waals surface area contributed by atoms with Gasteiger partial charge in [-0.05, 0) is 44.5 Å². The molecule has 0 radical (unpaired) electrons. The first-order chi connectivity index (χ1) is 13.0. The Hall–Kier alpha value is -2.60. The third-order valence-corrected chi connectivity index (χ3v) is 5.38. The van der Waals surface area contributed by atoms with E-state index in [4.69, 9.17) is 9.15 Å². The topological polar surface area (TPSA) is 71.8 Å². The molecule has 3 atom stereocenters. The molecule has 2 amide bonds. The van der Waals surface area contributed by atoms with E-state index in [-0.39, 0.29) is 29.9 Å². The molecule has 0 aliphatic carbocycles. The quantitative estimate of drug-likeness (QED) is 0.900. The van der Waals surface area contributed by atoms with Crippen LogP contribution in [-0.4, -0.2) is 42.0 Å². The van der Waals surface area contributed by atoms with Crippen LogP contribution in [0.2, 0.25) is 0 Å². The lowest BCUT2D eigenvalue weighted by molar-refractivity contribution is -0.127. The molecule has 1 N–H and O–H groups in total. The second-order valence-electron chi connectivity index (χ2n) is 7.43. The molecule has 142 valence electrons. The van der Waals surface area contributed by atoms with E-state index >= 15 is 0 Å². The minimum Gasteiger partial charge on any atom is -0.467 e. The van der Waals surface area contributed by atoms with Crippen molar-refractivity contribution in [2.75, 3.05) is 13.2 Å². The third kappa shape index (κ3) is 3.49. The van der Waals surface area contributed by atoms with Crippen LogP contribution in [0.3, 0.4) is 0 Å². The Bertz CT molecular complexity index is 826. The van der Waals surface area contributed by atoms with E-state index in [0.717, 1.165) is 17.5 Å². The van der Waals surface area contributed by atoms with E-state index in [0.29, 0.717) is 31.0 Å². The van der Waals surface area contributed by atoms with E-state index < -0.39 is 0 Å². The number of nitrogens with zero attached hydrogens (tertiary/aromatic N) is 1. The van der Waals surface area contributed by atoms with E-state index in [9.17, 15) is 9.59 Å². The van der Waals surface area contributed by atoms with E-state index in [1.807, 2.05) is 43.0 Å². The van der Waals surface area contributed by atoms with Gasteiger partial charge in [0.05, 0.1) is 30.9 Å². The van der Waals surface area contributed by atoms with Crippen LogP contribution in [0.5, 0.6) is 0 Å². The maximum Gasteiger partial charge on any atom is 0.254 e. The van der Waals surface area contributed by atoms with Gasteiger partial charge in [-0.25, -0.2) is 0 Å². The van der Waals surface area contributed by atoms with Gasteiger partial charge in [0.1, 0.15) is 5.76 Å². The molecular formula is C21H24N2O4. The maximum absolute atomic E-state index is 13.1. The molecule has 4 rings (SSSR count). The highest BCUT2D eigenvalue weighted by molar-refractivity contribution is 5.96. The number of rotatable bonds is 4. The summed E-state index contributed by atoms with van der Waals surface area (Å²) in [7, 11) is 0. The van der Waals surface area contributed by atoms with Gasteiger partial charge >= 0.3 is 0 Å². The lowest BCUT2D eigenvalue weighted by atomic mass is 10.0. The summed E-state index contributed by atoms with van der Waals surface area (Å²) in [6.45, 7) is 5.27. The number of carbonyl (C=O) groups excluding carboxylic acids is 2. The Morgan fingerprint density at radius 3 is 2.70 bits per heavy atom. The number of hydrogen-bond donors (Lipinski definition) is 1. The molecule has 27 heavy (non-hydrogen) atoms. The van der Waals surface area contributed by atoms with Crippen LogP contribution >= 0.6 is 0 Å². The predicted molar refractivity (Wildman–Crippen MR) is 99.1 cm³/mol. The van der Waals surface area contributed by atoms with Gasteiger partial charge in [-0.1, -0.05) is 17.2 Å². The fourth-order valence-corrected chi connectivity index (χ4v) is 4.22. The molecule has 0 unspecified atom stereocenters. The Morgan fingerprint density at radius 2 is 2.00 bits per heavy atom. The fraction of sp³-hybridized carbons (Fsp3) is 0.429. The largest absolute Gasteiger partial charge is 0.467 e. The number of furan rings is 1. The minimum atomic E-state index is -0.359. The highest BCUT2D eigenvalue weighted by Gasteiger charge is 2.50. The van der Waals surface area contributed by atoms with Gasteiger partial charge in [-0.3, -0.25) is 9.59 Å². The number of ether oxygens (including phenoxy) is 1. The van der Waals surface area contributed by atoms with Crippen LogP contribution < -0.4 is 5.32 Å². The second-order valence-corrected chi connectivity index (χ2v) is 7.43. The SMILES string of the molecule is Cc1cc(C)cc(C(=O)N2C[C@H](C(=O)NCc3ccco3)[C@H]3OCC[C@@H]32)c1. The Labute approximate surface area is 158 Å². The number of hydrogen-bond acceptors (Lipinski definition) is 4. The molecule has 2 fully saturated rings. The number of carbonyl (C=O) groups is 2. The number of likely N-dealkylation sites (tertiary alicyclic amines) is 1. The van der Waals surface area contributed by atoms with E-state index in [1.165, 1.54) is 0 Å². The van der Waals surface area contributed by atoms with Gasteiger partial charge in [-0.2, -0.15) is 0 Å². The zero-order valence-corrected chi connectivity index (χ0v) is 15.6. The number of aryl methyl sites for hydroxylation is 2. The second kappa shape index (κ2) is 7.19. The van der Waals surface area contributed by atoms with Crippen LogP contribution in [-0.2, 0) is 16.1 Å². The van der Waals surface area contributed by atoms with Gasteiger partial charge in [-0.15, -0.1) is 0 Å². The molecule has 2 saturated heterocycles. The van der Waals surface area contributed by atoms with E-state index in [2.05, 4.69) is 5.32 Å². The van der Waals surface area contributed by atoms with Crippen molar-refractivity contribution in [3.8, 4) is 0 Å². The Kier molecular flexibility index (Phi) is 4.74. The molecule has 3 heterocycles. The molecule has 6 nitrogen and oxygen atoms in total. The van der Waals surface area contributed by atoms with Gasteiger partial charge in [0, 0.05) is 18.7 Å². The highest BCUT2D eigenvalue weighted by atomic mass is 16.5. The molecule has 6 heteroatoms. The highest BCUT2D eigenvalue weighted by Crippen LogP contribution is 2.34. The van der Waals surface area contributed by atoms with Gasteiger partial charge in [0.25, 0.3) is 5.91 Å². The average Bonchev–Trinajstić information content (AvgIpc) is 3.35. The zero-order valence-electron chi connectivity index (χ0n) is 15.6. The third-order valence-electron chi connectivity index (χ3n) is 5.38. The summed E-state index contributed by atoms with van der Waals surface area (Å²) in [6, 6.07) is 9.43. The Morgan fingerprint density at radius 1 is 1.22 bits per heavy atom. The maximum atomic E-state index is 13.1. The minimum absolute atomic E-state index is 0.0244. The molecule has 2 aliphatic rings. The van der Waals surface area contributed by atoms with Crippen LogP contribution in [0.4, 0.5) is 0 Å². The first-order valence-corrected chi connectivity index (χ1v) is 9.34. The van der Waals surface area contributed by atoms with Crippen molar-refractivity contribution in [2.45, 2.75) is 39.0 Å². The lowest BCUT2D eigenvalue weighted by Gasteiger charge is -2.23. The van der Waals surface area contributed by atoms with Gasteiger partial charge in [0.2, 0.25) is 5.91 Å². The predicted octanol–water partition coefficient (Wildman–Crippen LogP) is 2.44. The molecule has 0 bridgehead atoms. The van der Waals surface area contributed by atoms with Gasteiger partial charge in [0.15, 0.2) is 0 Å². The van der Waals surface area contributed by atoms with Crippen molar-refractivity contribution in [1.29, 1.82) is 0 Å². The standard InChI is InChI=1S/C21H24N2O4/c1-13-8-14(2)10-15(9-13)21(25)23-12-17(19-18(23)5-7-27-19)20(24)22-11-16-4-3-6-26-16/h3-4,6,8-10,17-19H,5,7,11-12H2,1-2H3,(H,22,24)/t17-,18-,19+/m0/s1. The monoisotopic (exact) mass is 368 g/mol. The lowest BCUT2D eigenvalue weighted by Crippen LogP contribution is -2.37.